The zero-order valence-electron chi connectivity index (χ0n) is 11.5. The molecule has 0 aliphatic heterocycles. The Morgan fingerprint density at radius 1 is 1.30 bits per heavy atom. The van der Waals surface area contributed by atoms with Gasteiger partial charge in [-0.15, -0.1) is 11.3 Å². The second-order valence-corrected chi connectivity index (χ2v) is 6.37. The molecule has 3 nitrogen and oxygen atoms in total. The number of thiazole rings is 1. The number of alkyl halides is 3. The second-order valence-electron chi connectivity index (χ2n) is 5.34. The maximum absolute atomic E-state index is 12.7. The number of aromatic nitrogens is 1. The van der Waals surface area contributed by atoms with Crippen molar-refractivity contribution in [2.75, 3.05) is 14.1 Å². The summed E-state index contributed by atoms with van der Waals surface area (Å²) in [6.07, 6.45) is 0.885. The molecule has 20 heavy (non-hydrogen) atoms. The van der Waals surface area contributed by atoms with Crippen LogP contribution in [0.15, 0.2) is 6.20 Å². The number of hydrogen-bond acceptors (Lipinski definition) is 4. The molecule has 1 aliphatic rings. The van der Waals surface area contributed by atoms with E-state index in [4.69, 9.17) is 0 Å². The number of carbonyl (C=O) groups is 1. The highest BCUT2D eigenvalue weighted by molar-refractivity contribution is 7.13. The molecule has 1 aromatic rings. The van der Waals surface area contributed by atoms with Crippen molar-refractivity contribution < 1.29 is 18.0 Å². The molecule has 7 heteroatoms. The first-order valence-electron chi connectivity index (χ1n) is 6.52. The van der Waals surface area contributed by atoms with Crippen LogP contribution in [-0.2, 0) is 6.18 Å². The first-order valence-corrected chi connectivity index (χ1v) is 7.34. The van der Waals surface area contributed by atoms with Gasteiger partial charge in [0.1, 0.15) is 0 Å². The lowest BCUT2D eigenvalue weighted by Crippen LogP contribution is -2.52. The maximum Gasteiger partial charge on any atom is 0.443 e. The van der Waals surface area contributed by atoms with E-state index in [-0.39, 0.29) is 10.7 Å². The van der Waals surface area contributed by atoms with Crippen LogP contribution in [0, 0.1) is 0 Å². The quantitative estimate of drug-likeness (QED) is 0.800. The molecule has 0 N–H and O–H groups in total. The average molecular weight is 306 g/mol. The van der Waals surface area contributed by atoms with Crippen LogP contribution in [0.4, 0.5) is 13.2 Å². The number of rotatable bonds is 3. The Balaban J connectivity index is 2.31. The molecule has 0 amide bonds. The molecule has 0 unspecified atom stereocenters. The van der Waals surface area contributed by atoms with E-state index in [2.05, 4.69) is 4.98 Å². The van der Waals surface area contributed by atoms with Crippen LogP contribution in [0.1, 0.15) is 46.8 Å². The minimum Gasteiger partial charge on any atom is -0.297 e. The fourth-order valence-corrected chi connectivity index (χ4v) is 3.57. The molecule has 0 bridgehead atoms. The van der Waals surface area contributed by atoms with Gasteiger partial charge in [0.25, 0.3) is 0 Å². The molecule has 112 valence electrons. The van der Waals surface area contributed by atoms with Crippen LogP contribution in [0.2, 0.25) is 0 Å². The Kier molecular flexibility index (Phi) is 4.20. The summed E-state index contributed by atoms with van der Waals surface area (Å²) in [6.45, 7) is 0. The van der Waals surface area contributed by atoms with Crippen molar-refractivity contribution in [1.29, 1.82) is 0 Å². The number of nitrogens with zero attached hydrogens (tertiary/aromatic N) is 2. The lowest BCUT2D eigenvalue weighted by atomic mass is 9.77. The van der Waals surface area contributed by atoms with Crippen LogP contribution in [-0.4, -0.2) is 35.3 Å². The first-order chi connectivity index (χ1) is 9.27. The van der Waals surface area contributed by atoms with Crippen molar-refractivity contribution in [2.24, 2.45) is 0 Å². The summed E-state index contributed by atoms with van der Waals surface area (Å²) in [5.74, 6) is -0.227. The third kappa shape index (κ3) is 2.74. The Labute approximate surface area is 119 Å². The van der Waals surface area contributed by atoms with E-state index in [1.54, 1.807) is 0 Å². The van der Waals surface area contributed by atoms with E-state index in [1.165, 1.54) is 0 Å². The molecule has 2 rings (SSSR count). The Bertz CT molecular complexity index is 490. The summed E-state index contributed by atoms with van der Waals surface area (Å²) in [4.78, 5) is 18.0. The van der Waals surface area contributed by atoms with Crippen LogP contribution >= 0.6 is 11.3 Å². The minimum atomic E-state index is -4.49. The number of Topliss-reactive ketones (excluding diaryl/α,β-unsaturated/α-hetero) is 1. The van der Waals surface area contributed by atoms with Gasteiger partial charge in [-0.1, -0.05) is 19.3 Å². The summed E-state index contributed by atoms with van der Waals surface area (Å²) >= 11 is 0.445. The van der Waals surface area contributed by atoms with Gasteiger partial charge in [-0.05, 0) is 26.9 Å². The molecule has 1 fully saturated rings. The van der Waals surface area contributed by atoms with Crippen LogP contribution in [0.5, 0.6) is 0 Å². The van der Waals surface area contributed by atoms with Gasteiger partial charge in [0, 0.05) is 6.20 Å². The average Bonchev–Trinajstić information content (AvgIpc) is 2.88. The minimum absolute atomic E-state index is 0.105. The van der Waals surface area contributed by atoms with Crippen LogP contribution < -0.4 is 0 Å². The molecule has 1 aromatic heterocycles. The van der Waals surface area contributed by atoms with Gasteiger partial charge in [0.05, 0.1) is 10.4 Å². The van der Waals surface area contributed by atoms with Crippen LogP contribution in [0.25, 0.3) is 0 Å². The highest BCUT2D eigenvalue weighted by Gasteiger charge is 2.44. The largest absolute Gasteiger partial charge is 0.443 e. The second kappa shape index (κ2) is 5.44. The Hall–Kier alpha value is -0.950. The first kappa shape index (κ1) is 15.4. The number of likely N-dealkylation sites (N-methyl/N-ethyl adjacent to an activating group) is 1. The van der Waals surface area contributed by atoms with E-state index < -0.39 is 16.7 Å². The van der Waals surface area contributed by atoms with Gasteiger partial charge >= 0.3 is 6.18 Å². The molecule has 1 saturated carbocycles. The molecule has 0 saturated heterocycles. The fourth-order valence-electron chi connectivity index (χ4n) is 2.75. The van der Waals surface area contributed by atoms with Crippen molar-refractivity contribution in [3.63, 3.8) is 0 Å². The lowest BCUT2D eigenvalue weighted by Gasteiger charge is -2.41. The molecular formula is C13H17F3N2OS. The van der Waals surface area contributed by atoms with Gasteiger partial charge in [0.2, 0.25) is 0 Å². The number of carbonyl (C=O) groups excluding carboxylic acids is 1. The molecule has 0 radical (unpaired) electrons. The van der Waals surface area contributed by atoms with Crippen molar-refractivity contribution >= 4 is 17.1 Å². The predicted molar refractivity (Wildman–Crippen MR) is 70.9 cm³/mol. The van der Waals surface area contributed by atoms with Crippen molar-refractivity contribution in [1.82, 2.24) is 9.88 Å². The summed E-state index contributed by atoms with van der Waals surface area (Å²) in [5, 5.41) is -0.953. The fraction of sp³-hybridized carbons (Fsp3) is 0.692. The van der Waals surface area contributed by atoms with E-state index >= 15 is 0 Å². The van der Waals surface area contributed by atoms with Gasteiger partial charge in [-0.25, -0.2) is 4.98 Å². The maximum atomic E-state index is 12.7. The normalized spacial score (nSPS) is 19.3. The van der Waals surface area contributed by atoms with Gasteiger partial charge in [-0.3, -0.25) is 9.69 Å². The molecule has 0 atom stereocenters. The standard InChI is InChI=1S/C13H17F3N2OS/c1-18(2)12(6-4-3-5-7-12)10(19)9-8-17-11(20-9)13(14,15)16/h8H,3-7H2,1-2H3. The van der Waals surface area contributed by atoms with Crippen molar-refractivity contribution in [3.8, 4) is 0 Å². The Morgan fingerprint density at radius 3 is 2.35 bits per heavy atom. The highest BCUT2D eigenvalue weighted by Crippen LogP contribution is 2.38. The van der Waals surface area contributed by atoms with Gasteiger partial charge in [0.15, 0.2) is 10.8 Å². The molecule has 0 spiro atoms. The Morgan fingerprint density at radius 2 is 1.90 bits per heavy atom. The zero-order chi connectivity index (χ0) is 15.0. The summed E-state index contributed by atoms with van der Waals surface area (Å²) in [5.41, 5.74) is -0.673. The van der Waals surface area contributed by atoms with Crippen molar-refractivity contribution in [2.45, 2.75) is 43.8 Å². The third-order valence-electron chi connectivity index (χ3n) is 3.93. The topological polar surface area (TPSA) is 33.2 Å². The van der Waals surface area contributed by atoms with Crippen LogP contribution in [0.3, 0.4) is 0 Å². The molecule has 1 aliphatic carbocycles. The highest BCUT2D eigenvalue weighted by atomic mass is 32.1. The zero-order valence-corrected chi connectivity index (χ0v) is 12.3. The van der Waals surface area contributed by atoms with E-state index in [0.29, 0.717) is 24.2 Å². The summed E-state index contributed by atoms with van der Waals surface area (Å²) in [7, 11) is 3.63. The third-order valence-corrected chi connectivity index (χ3v) is 4.97. The number of halogens is 3. The smallest absolute Gasteiger partial charge is 0.297 e. The molecular weight excluding hydrogens is 289 g/mol. The summed E-state index contributed by atoms with van der Waals surface area (Å²) in [6, 6.07) is 0. The van der Waals surface area contributed by atoms with E-state index in [1.807, 2.05) is 19.0 Å². The summed E-state index contributed by atoms with van der Waals surface area (Å²) < 4.78 is 37.8. The van der Waals surface area contributed by atoms with Crippen molar-refractivity contribution in [3.05, 3.63) is 16.1 Å². The number of ketones is 1. The molecule has 0 aromatic carbocycles. The predicted octanol–water partition coefficient (Wildman–Crippen LogP) is 3.61. The van der Waals surface area contributed by atoms with Gasteiger partial charge in [-0.2, -0.15) is 13.2 Å². The SMILES string of the molecule is CN(C)C1(C(=O)c2cnc(C(F)(F)F)s2)CCCCC1. The van der Waals surface area contributed by atoms with E-state index in [0.717, 1.165) is 25.5 Å². The van der Waals surface area contributed by atoms with E-state index in [9.17, 15) is 18.0 Å². The van der Waals surface area contributed by atoms with Gasteiger partial charge < -0.3 is 0 Å². The monoisotopic (exact) mass is 306 g/mol. The lowest BCUT2D eigenvalue weighted by molar-refractivity contribution is -0.137. The molecule has 1 heterocycles. The number of hydrogen-bond donors (Lipinski definition) is 0.